The Bertz CT molecular complexity index is 1470. The number of hydrogen-bond acceptors (Lipinski definition) is 6. The number of nitrogens with one attached hydrogen (secondary N) is 1. The summed E-state index contributed by atoms with van der Waals surface area (Å²) in [5.41, 5.74) is 4.24. The summed E-state index contributed by atoms with van der Waals surface area (Å²) >= 11 is 7.45. The number of H-pyrrole nitrogens is 1. The third-order valence-corrected chi connectivity index (χ3v) is 6.24. The van der Waals surface area contributed by atoms with Crippen LogP contribution in [0.25, 0.3) is 28.3 Å². The van der Waals surface area contributed by atoms with Crippen molar-refractivity contribution in [3.8, 4) is 17.1 Å². The Morgan fingerprint density at radius 3 is 2.56 bits per heavy atom. The molecular weight excluding hydrogens is 446 g/mol. The first-order valence-corrected chi connectivity index (χ1v) is 11.2. The second kappa shape index (κ2) is 8.29. The predicted octanol–water partition coefficient (Wildman–Crippen LogP) is 5.33. The number of fused-ring (bicyclic) bond motifs is 1. The van der Waals surface area contributed by atoms with Crippen LogP contribution in [0.15, 0.2) is 69.2 Å². The number of aryl methyl sites for hydroxylation is 2. The average molecular weight is 464 g/mol. The molecule has 0 saturated carbocycles. The van der Waals surface area contributed by atoms with Gasteiger partial charge in [0.1, 0.15) is 5.76 Å². The molecule has 0 atom stereocenters. The van der Waals surface area contributed by atoms with Gasteiger partial charge in [-0.15, -0.1) is 0 Å². The van der Waals surface area contributed by atoms with Crippen LogP contribution in [0.4, 0.5) is 0 Å². The van der Waals surface area contributed by atoms with Gasteiger partial charge in [0, 0.05) is 22.0 Å². The maximum Gasteiger partial charge on any atom is 0.278 e. The van der Waals surface area contributed by atoms with Crippen LogP contribution in [0.5, 0.6) is 0 Å². The van der Waals surface area contributed by atoms with E-state index in [9.17, 15) is 4.79 Å². The van der Waals surface area contributed by atoms with Crippen LogP contribution in [0.2, 0.25) is 5.02 Å². The Labute approximate surface area is 192 Å². The van der Waals surface area contributed by atoms with Crippen molar-refractivity contribution < 1.29 is 4.42 Å². The molecule has 9 heteroatoms. The molecule has 0 aliphatic carbocycles. The molecule has 0 aliphatic rings. The average Bonchev–Trinajstić information content (AvgIpc) is 3.34. The molecular formula is C23H18ClN5O2S. The number of hydrogen-bond donors (Lipinski definition) is 1. The lowest BCUT2D eigenvalue weighted by Crippen LogP contribution is -2.07. The summed E-state index contributed by atoms with van der Waals surface area (Å²) < 4.78 is 7.77. The second-order valence-electron chi connectivity index (χ2n) is 7.29. The maximum atomic E-state index is 12.3. The Morgan fingerprint density at radius 2 is 1.81 bits per heavy atom. The van der Waals surface area contributed by atoms with Gasteiger partial charge >= 0.3 is 0 Å². The number of halogens is 1. The summed E-state index contributed by atoms with van der Waals surface area (Å²) in [4.78, 5) is 28.5. The molecule has 5 aromatic rings. The SMILES string of the molecule is Cc1ccc(-n2c(SCc3nc(-c4ccc(Cl)cc4)oc3C)nc3c(=O)[nH]cnc32)cc1. The van der Waals surface area contributed by atoms with Gasteiger partial charge in [0.2, 0.25) is 5.89 Å². The molecule has 3 heterocycles. The molecule has 7 nitrogen and oxygen atoms in total. The molecule has 0 bridgehead atoms. The molecule has 0 amide bonds. The van der Waals surface area contributed by atoms with Crippen LogP contribution in [0, 0.1) is 13.8 Å². The molecule has 3 aromatic heterocycles. The Kier molecular flexibility index (Phi) is 5.32. The quantitative estimate of drug-likeness (QED) is 0.354. The number of benzene rings is 2. The number of aromatic nitrogens is 5. The fourth-order valence-corrected chi connectivity index (χ4v) is 4.45. The maximum absolute atomic E-state index is 12.3. The summed E-state index contributed by atoms with van der Waals surface area (Å²) in [5.74, 6) is 1.80. The van der Waals surface area contributed by atoms with Crippen LogP contribution >= 0.6 is 23.4 Å². The zero-order valence-electron chi connectivity index (χ0n) is 17.3. The van der Waals surface area contributed by atoms with E-state index in [4.69, 9.17) is 16.0 Å². The molecule has 0 spiro atoms. The first-order chi connectivity index (χ1) is 15.5. The van der Waals surface area contributed by atoms with Crippen molar-refractivity contribution in [1.82, 2.24) is 24.5 Å². The molecule has 1 N–H and O–H groups in total. The number of thioether (sulfide) groups is 1. The van der Waals surface area contributed by atoms with E-state index >= 15 is 0 Å². The number of imidazole rings is 1. The van der Waals surface area contributed by atoms with Gasteiger partial charge in [0.15, 0.2) is 16.3 Å². The van der Waals surface area contributed by atoms with E-state index in [1.54, 1.807) is 12.1 Å². The molecule has 160 valence electrons. The van der Waals surface area contributed by atoms with Gasteiger partial charge in [0.05, 0.1) is 12.0 Å². The molecule has 2 aromatic carbocycles. The van der Waals surface area contributed by atoms with Crippen molar-refractivity contribution in [2.45, 2.75) is 24.8 Å². The predicted molar refractivity (Wildman–Crippen MR) is 125 cm³/mol. The second-order valence-corrected chi connectivity index (χ2v) is 8.67. The standard InChI is InChI=1S/C23H18ClN5O2S/c1-13-3-9-17(10-4-13)29-20-19(21(30)26-12-25-20)28-23(29)32-11-18-14(2)31-22(27-18)15-5-7-16(24)8-6-15/h3-10,12H,11H2,1-2H3,(H,25,26,30). The van der Waals surface area contributed by atoms with Crippen molar-refractivity contribution in [3.63, 3.8) is 0 Å². The molecule has 0 unspecified atom stereocenters. The third kappa shape index (κ3) is 3.83. The van der Waals surface area contributed by atoms with Crippen LogP contribution in [-0.4, -0.2) is 24.5 Å². The Balaban J connectivity index is 1.50. The first kappa shape index (κ1) is 20.5. The molecule has 0 radical (unpaired) electrons. The van der Waals surface area contributed by atoms with Crippen LogP contribution < -0.4 is 5.56 Å². The number of aromatic amines is 1. The normalized spacial score (nSPS) is 11.3. The summed E-state index contributed by atoms with van der Waals surface area (Å²) in [6.07, 6.45) is 1.39. The van der Waals surface area contributed by atoms with Gasteiger partial charge in [-0.2, -0.15) is 0 Å². The van der Waals surface area contributed by atoms with Gasteiger partial charge in [-0.1, -0.05) is 41.1 Å². The highest BCUT2D eigenvalue weighted by Crippen LogP contribution is 2.30. The van der Waals surface area contributed by atoms with Gasteiger partial charge < -0.3 is 9.40 Å². The van der Waals surface area contributed by atoms with Crippen LogP contribution in [0.1, 0.15) is 17.0 Å². The minimum Gasteiger partial charge on any atom is -0.441 e. The smallest absolute Gasteiger partial charge is 0.278 e. The topological polar surface area (TPSA) is 89.6 Å². The molecule has 0 aliphatic heterocycles. The van der Waals surface area contributed by atoms with Gasteiger partial charge in [-0.3, -0.25) is 9.36 Å². The minimum absolute atomic E-state index is 0.273. The summed E-state index contributed by atoms with van der Waals surface area (Å²) in [5, 5.41) is 1.31. The third-order valence-electron chi connectivity index (χ3n) is 5.03. The highest BCUT2D eigenvalue weighted by Gasteiger charge is 2.18. The molecule has 0 saturated heterocycles. The minimum atomic E-state index is -0.273. The Hall–Kier alpha value is -3.36. The molecule has 32 heavy (non-hydrogen) atoms. The highest BCUT2D eigenvalue weighted by atomic mass is 35.5. The summed E-state index contributed by atoms with van der Waals surface area (Å²) in [6, 6.07) is 15.4. The highest BCUT2D eigenvalue weighted by molar-refractivity contribution is 7.98. The van der Waals surface area contributed by atoms with Gasteiger partial charge in [-0.05, 0) is 50.2 Å². The van der Waals surface area contributed by atoms with E-state index in [0.29, 0.717) is 33.0 Å². The lowest BCUT2D eigenvalue weighted by Gasteiger charge is -2.08. The molecule has 0 fully saturated rings. The lowest BCUT2D eigenvalue weighted by molar-refractivity contribution is 0.540. The van der Waals surface area contributed by atoms with Gasteiger partial charge in [-0.25, -0.2) is 15.0 Å². The monoisotopic (exact) mass is 463 g/mol. The zero-order valence-corrected chi connectivity index (χ0v) is 18.9. The van der Waals surface area contributed by atoms with Crippen molar-refractivity contribution in [2.24, 2.45) is 0 Å². The van der Waals surface area contributed by atoms with Crippen molar-refractivity contribution in [2.75, 3.05) is 0 Å². The van der Waals surface area contributed by atoms with E-state index in [1.807, 2.05) is 54.8 Å². The zero-order chi connectivity index (χ0) is 22.2. The fraction of sp³-hybridized carbons (Fsp3) is 0.130. The largest absolute Gasteiger partial charge is 0.441 e. The summed E-state index contributed by atoms with van der Waals surface area (Å²) in [6.45, 7) is 3.91. The van der Waals surface area contributed by atoms with E-state index < -0.39 is 0 Å². The van der Waals surface area contributed by atoms with E-state index in [-0.39, 0.29) is 5.56 Å². The van der Waals surface area contributed by atoms with Crippen molar-refractivity contribution >= 4 is 34.5 Å². The van der Waals surface area contributed by atoms with E-state index in [2.05, 4.69) is 19.9 Å². The summed E-state index contributed by atoms with van der Waals surface area (Å²) in [7, 11) is 0. The van der Waals surface area contributed by atoms with E-state index in [1.165, 1.54) is 18.1 Å². The van der Waals surface area contributed by atoms with Gasteiger partial charge in [0.25, 0.3) is 5.56 Å². The number of oxazole rings is 1. The first-order valence-electron chi connectivity index (χ1n) is 9.88. The van der Waals surface area contributed by atoms with Crippen LogP contribution in [-0.2, 0) is 5.75 Å². The van der Waals surface area contributed by atoms with Crippen LogP contribution in [0.3, 0.4) is 0 Å². The fourth-order valence-electron chi connectivity index (χ4n) is 3.32. The van der Waals surface area contributed by atoms with E-state index in [0.717, 1.165) is 28.3 Å². The van der Waals surface area contributed by atoms with Crippen molar-refractivity contribution in [3.05, 3.63) is 87.3 Å². The lowest BCUT2D eigenvalue weighted by atomic mass is 10.2. The molecule has 5 rings (SSSR count). The Morgan fingerprint density at radius 1 is 1.06 bits per heavy atom. The van der Waals surface area contributed by atoms with Crippen molar-refractivity contribution in [1.29, 1.82) is 0 Å². The number of nitrogens with zero attached hydrogens (tertiary/aromatic N) is 4. The number of rotatable bonds is 5.